The predicted octanol–water partition coefficient (Wildman–Crippen LogP) is 1.64. The van der Waals surface area contributed by atoms with Crippen molar-refractivity contribution in [3.8, 4) is 0 Å². The molecule has 3 heterocycles. The minimum Gasteiger partial charge on any atom is -0.393 e. The molecular formula is C16H14BrNO4. The molecule has 3 aliphatic rings. The lowest BCUT2D eigenvalue weighted by Gasteiger charge is -2.26. The van der Waals surface area contributed by atoms with Crippen LogP contribution in [0.5, 0.6) is 0 Å². The van der Waals surface area contributed by atoms with Gasteiger partial charge in [-0.3, -0.25) is 9.59 Å². The first-order chi connectivity index (χ1) is 10.4. The fraction of sp³-hybridized carbons (Fsp3) is 0.375. The van der Waals surface area contributed by atoms with Crippen molar-refractivity contribution in [2.75, 3.05) is 11.5 Å². The number of aliphatic hydroxyl groups excluding tert-OH is 1. The molecule has 1 N–H and O–H groups in total. The van der Waals surface area contributed by atoms with Crippen molar-refractivity contribution in [3.05, 3.63) is 40.9 Å². The third-order valence-electron chi connectivity index (χ3n) is 4.89. The molecule has 4 rings (SSSR count). The number of hydrogen-bond donors (Lipinski definition) is 1. The number of carbonyl (C=O) groups excluding carboxylic acids is 2. The molecule has 1 aromatic carbocycles. The van der Waals surface area contributed by atoms with Crippen LogP contribution in [0.25, 0.3) is 0 Å². The van der Waals surface area contributed by atoms with Gasteiger partial charge in [0.25, 0.3) is 0 Å². The summed E-state index contributed by atoms with van der Waals surface area (Å²) in [5, 5.41) is 9.74. The van der Waals surface area contributed by atoms with Gasteiger partial charge >= 0.3 is 0 Å². The van der Waals surface area contributed by atoms with Gasteiger partial charge in [-0.05, 0) is 31.2 Å². The maximum Gasteiger partial charge on any atom is 0.241 e. The highest BCUT2D eigenvalue weighted by molar-refractivity contribution is 9.10. The van der Waals surface area contributed by atoms with Crippen molar-refractivity contribution >= 4 is 33.4 Å². The Morgan fingerprint density at radius 2 is 1.82 bits per heavy atom. The molecule has 4 atom stereocenters. The van der Waals surface area contributed by atoms with Crippen molar-refractivity contribution in [2.24, 2.45) is 11.8 Å². The molecule has 0 saturated carbocycles. The summed E-state index contributed by atoms with van der Waals surface area (Å²) in [5.41, 5.74) is -1.36. The maximum absolute atomic E-state index is 12.8. The summed E-state index contributed by atoms with van der Waals surface area (Å²) in [6.45, 7) is 1.48. The second-order valence-corrected chi connectivity index (χ2v) is 7.09. The van der Waals surface area contributed by atoms with E-state index in [9.17, 15) is 14.7 Å². The molecule has 114 valence electrons. The van der Waals surface area contributed by atoms with Crippen LogP contribution in [-0.2, 0) is 14.3 Å². The van der Waals surface area contributed by atoms with Crippen LogP contribution in [0.3, 0.4) is 0 Å². The highest BCUT2D eigenvalue weighted by Crippen LogP contribution is 2.57. The van der Waals surface area contributed by atoms with Crippen LogP contribution in [0.4, 0.5) is 5.69 Å². The number of aliphatic hydroxyl groups is 1. The Morgan fingerprint density at radius 1 is 1.18 bits per heavy atom. The molecule has 2 fully saturated rings. The molecule has 2 saturated heterocycles. The number of fused-ring (bicyclic) bond motifs is 5. The van der Waals surface area contributed by atoms with Gasteiger partial charge in [-0.25, -0.2) is 4.90 Å². The van der Waals surface area contributed by atoms with E-state index in [2.05, 4.69) is 15.9 Å². The molecule has 0 aliphatic carbocycles. The molecule has 2 bridgehead atoms. The van der Waals surface area contributed by atoms with Gasteiger partial charge in [-0.15, -0.1) is 0 Å². The summed E-state index contributed by atoms with van der Waals surface area (Å²) >= 11 is 3.34. The van der Waals surface area contributed by atoms with Gasteiger partial charge < -0.3 is 9.84 Å². The predicted molar refractivity (Wildman–Crippen MR) is 82.1 cm³/mol. The Labute approximate surface area is 135 Å². The average Bonchev–Trinajstić information content (AvgIpc) is 3.07. The second kappa shape index (κ2) is 4.28. The molecule has 6 heteroatoms. The number of anilines is 1. The number of amides is 2. The molecule has 22 heavy (non-hydrogen) atoms. The zero-order valence-corrected chi connectivity index (χ0v) is 13.4. The van der Waals surface area contributed by atoms with Crippen LogP contribution < -0.4 is 4.90 Å². The second-order valence-electron chi connectivity index (χ2n) is 6.18. The van der Waals surface area contributed by atoms with Crippen LogP contribution >= 0.6 is 15.9 Å². The average molecular weight is 364 g/mol. The van der Waals surface area contributed by atoms with Gasteiger partial charge in [-0.1, -0.05) is 28.1 Å². The largest absolute Gasteiger partial charge is 0.393 e. The Kier molecular flexibility index (Phi) is 2.74. The van der Waals surface area contributed by atoms with Crippen LogP contribution in [0.1, 0.15) is 6.92 Å². The SMILES string of the molecule is CC12C=CC(CO)(O1)C1C(=O)N(c3ccc(Br)cc3)C(=O)C12. The van der Waals surface area contributed by atoms with E-state index in [4.69, 9.17) is 4.74 Å². The highest BCUT2D eigenvalue weighted by Gasteiger charge is 2.72. The number of carbonyl (C=O) groups is 2. The number of rotatable bonds is 2. The lowest BCUT2D eigenvalue weighted by Crippen LogP contribution is -2.43. The number of imide groups is 1. The third-order valence-corrected chi connectivity index (χ3v) is 5.42. The zero-order chi connectivity index (χ0) is 15.7. The molecule has 5 nitrogen and oxygen atoms in total. The van der Waals surface area contributed by atoms with Crippen molar-refractivity contribution < 1.29 is 19.4 Å². The summed E-state index contributed by atoms with van der Waals surface area (Å²) in [4.78, 5) is 26.9. The quantitative estimate of drug-likeness (QED) is 0.640. The maximum atomic E-state index is 12.8. The fourth-order valence-electron chi connectivity index (χ4n) is 3.89. The van der Waals surface area contributed by atoms with E-state index in [-0.39, 0.29) is 18.4 Å². The van der Waals surface area contributed by atoms with Gasteiger partial charge in [0.2, 0.25) is 11.8 Å². The van der Waals surface area contributed by atoms with E-state index in [0.29, 0.717) is 5.69 Å². The highest BCUT2D eigenvalue weighted by atomic mass is 79.9. The molecule has 3 aliphatic heterocycles. The van der Waals surface area contributed by atoms with E-state index in [1.54, 1.807) is 43.3 Å². The summed E-state index contributed by atoms with van der Waals surface area (Å²) in [7, 11) is 0. The summed E-state index contributed by atoms with van der Waals surface area (Å²) in [6.07, 6.45) is 3.52. The first-order valence-electron chi connectivity index (χ1n) is 7.07. The first kappa shape index (κ1) is 14.1. The Bertz CT molecular complexity index is 715. The molecule has 4 unspecified atom stereocenters. The van der Waals surface area contributed by atoms with Crippen LogP contribution in [0.2, 0.25) is 0 Å². The van der Waals surface area contributed by atoms with Crippen LogP contribution in [0, 0.1) is 11.8 Å². The third kappa shape index (κ3) is 1.55. The molecule has 0 spiro atoms. The van der Waals surface area contributed by atoms with Gasteiger partial charge in [0, 0.05) is 4.47 Å². The van der Waals surface area contributed by atoms with Crippen molar-refractivity contribution in [1.29, 1.82) is 0 Å². The lowest BCUT2D eigenvalue weighted by atomic mass is 9.73. The summed E-state index contributed by atoms with van der Waals surface area (Å²) in [6, 6.07) is 7.03. The molecule has 2 amide bonds. The number of nitrogens with zero attached hydrogens (tertiary/aromatic N) is 1. The standard InChI is InChI=1S/C16H14BrNO4/c1-15-6-7-16(8-19,22-15)12-11(15)13(20)18(14(12)21)10-4-2-9(17)3-5-10/h2-7,11-12,19H,8H2,1H3. The monoisotopic (exact) mass is 363 g/mol. The lowest BCUT2D eigenvalue weighted by molar-refractivity contribution is -0.131. The fourth-order valence-corrected chi connectivity index (χ4v) is 4.15. The summed E-state index contributed by atoms with van der Waals surface area (Å²) in [5.74, 6) is -1.82. The molecule has 0 aromatic heterocycles. The zero-order valence-electron chi connectivity index (χ0n) is 11.8. The topological polar surface area (TPSA) is 66.8 Å². The van der Waals surface area contributed by atoms with E-state index >= 15 is 0 Å². The minimum atomic E-state index is -1.07. The minimum absolute atomic E-state index is 0.264. The smallest absolute Gasteiger partial charge is 0.241 e. The number of halogens is 1. The number of ether oxygens (including phenoxy) is 1. The molecule has 1 aromatic rings. The summed E-state index contributed by atoms with van der Waals surface area (Å²) < 4.78 is 6.75. The van der Waals surface area contributed by atoms with Gasteiger partial charge in [0.15, 0.2) is 0 Å². The number of benzene rings is 1. The van der Waals surface area contributed by atoms with Crippen molar-refractivity contribution in [2.45, 2.75) is 18.1 Å². The number of hydrogen-bond acceptors (Lipinski definition) is 4. The Balaban J connectivity index is 1.80. The van der Waals surface area contributed by atoms with Gasteiger partial charge in [0.1, 0.15) is 5.60 Å². The van der Waals surface area contributed by atoms with Crippen molar-refractivity contribution in [3.63, 3.8) is 0 Å². The van der Waals surface area contributed by atoms with E-state index in [1.807, 2.05) is 0 Å². The normalized spacial score (nSPS) is 39.0. The molecular weight excluding hydrogens is 350 g/mol. The first-order valence-corrected chi connectivity index (χ1v) is 7.86. The van der Waals surface area contributed by atoms with E-state index in [1.165, 1.54) is 4.90 Å². The van der Waals surface area contributed by atoms with E-state index < -0.39 is 23.0 Å². The van der Waals surface area contributed by atoms with E-state index in [0.717, 1.165) is 4.47 Å². The van der Waals surface area contributed by atoms with Crippen molar-refractivity contribution in [1.82, 2.24) is 0 Å². The van der Waals surface area contributed by atoms with Crippen LogP contribution in [-0.4, -0.2) is 34.7 Å². The van der Waals surface area contributed by atoms with Gasteiger partial charge in [-0.2, -0.15) is 0 Å². The molecule has 0 radical (unpaired) electrons. The Hall–Kier alpha value is -1.50. The Morgan fingerprint density at radius 3 is 2.45 bits per heavy atom. The van der Waals surface area contributed by atoms with Gasteiger partial charge in [0.05, 0.1) is 29.7 Å². The van der Waals surface area contributed by atoms with Crippen LogP contribution in [0.15, 0.2) is 40.9 Å².